The van der Waals surface area contributed by atoms with Gasteiger partial charge in [0.2, 0.25) is 0 Å². The van der Waals surface area contributed by atoms with Crippen LogP contribution in [0.3, 0.4) is 0 Å². The molecule has 2 N–H and O–H groups in total. The molecule has 7 heteroatoms. The molecule has 0 radical (unpaired) electrons. The maximum Gasteiger partial charge on any atom is 0.185 e. The van der Waals surface area contributed by atoms with E-state index in [9.17, 15) is 10.2 Å². The van der Waals surface area contributed by atoms with Crippen molar-refractivity contribution in [3.63, 3.8) is 0 Å². The zero-order chi connectivity index (χ0) is 18.8. The van der Waals surface area contributed by atoms with Crippen LogP contribution in [0.15, 0.2) is 30.3 Å². The Kier molecular flexibility index (Phi) is 4.79. The highest BCUT2D eigenvalue weighted by molar-refractivity contribution is 5.82. The van der Waals surface area contributed by atoms with E-state index < -0.39 is 0 Å². The Hall–Kier alpha value is -3.09. The number of rotatable bonds is 5. The SMILES string of the molecule is CCn1nnnc1-c1cc(-c2cc(C(C)C)ccc2OC)c(O)cc1O. The number of aromatic nitrogens is 4. The molecule has 26 heavy (non-hydrogen) atoms. The van der Waals surface area contributed by atoms with Crippen LogP contribution in [-0.2, 0) is 6.54 Å². The van der Waals surface area contributed by atoms with Gasteiger partial charge in [0.05, 0.1) is 12.7 Å². The number of phenolic OH excluding ortho intramolecular Hbond substituents is 2. The lowest BCUT2D eigenvalue weighted by Gasteiger charge is -2.15. The van der Waals surface area contributed by atoms with Crippen LogP contribution >= 0.6 is 0 Å². The zero-order valence-electron chi connectivity index (χ0n) is 15.3. The minimum atomic E-state index is -0.0882. The number of phenols is 2. The molecule has 0 saturated carbocycles. The first-order valence-corrected chi connectivity index (χ1v) is 8.47. The maximum atomic E-state index is 10.5. The zero-order valence-corrected chi connectivity index (χ0v) is 15.3. The molecule has 0 fully saturated rings. The summed E-state index contributed by atoms with van der Waals surface area (Å²) in [4.78, 5) is 0. The highest BCUT2D eigenvalue weighted by Gasteiger charge is 2.19. The molecule has 3 aromatic rings. The van der Waals surface area contributed by atoms with Gasteiger partial charge in [0.25, 0.3) is 0 Å². The molecule has 136 valence electrons. The van der Waals surface area contributed by atoms with Crippen LogP contribution < -0.4 is 4.74 Å². The number of tetrazole rings is 1. The van der Waals surface area contributed by atoms with E-state index in [1.54, 1.807) is 17.9 Å². The van der Waals surface area contributed by atoms with Gasteiger partial charge in [0, 0.05) is 23.7 Å². The summed E-state index contributed by atoms with van der Waals surface area (Å²) in [5.74, 6) is 1.27. The fraction of sp³-hybridized carbons (Fsp3) is 0.316. The predicted octanol–water partition coefficient (Wildman–Crippen LogP) is 3.57. The van der Waals surface area contributed by atoms with E-state index in [-0.39, 0.29) is 11.5 Å². The predicted molar refractivity (Wildman–Crippen MR) is 98.3 cm³/mol. The Labute approximate surface area is 151 Å². The molecule has 7 nitrogen and oxygen atoms in total. The van der Waals surface area contributed by atoms with Crippen LogP contribution in [0.5, 0.6) is 17.2 Å². The molecule has 1 heterocycles. The highest BCUT2D eigenvalue weighted by atomic mass is 16.5. The first-order chi connectivity index (χ1) is 12.5. The van der Waals surface area contributed by atoms with Gasteiger partial charge >= 0.3 is 0 Å². The van der Waals surface area contributed by atoms with Gasteiger partial charge in [-0.25, -0.2) is 4.68 Å². The smallest absolute Gasteiger partial charge is 0.185 e. The third-order valence-corrected chi connectivity index (χ3v) is 4.37. The molecular formula is C19H22N4O3. The number of ether oxygens (including phenoxy) is 1. The Morgan fingerprint density at radius 1 is 1.04 bits per heavy atom. The van der Waals surface area contributed by atoms with Crippen molar-refractivity contribution in [2.45, 2.75) is 33.2 Å². The van der Waals surface area contributed by atoms with E-state index in [1.807, 2.05) is 25.1 Å². The minimum absolute atomic E-state index is 0.0408. The van der Waals surface area contributed by atoms with E-state index in [2.05, 4.69) is 29.4 Å². The van der Waals surface area contributed by atoms with Gasteiger partial charge in [0.1, 0.15) is 17.2 Å². The second kappa shape index (κ2) is 7.03. The maximum absolute atomic E-state index is 10.5. The summed E-state index contributed by atoms with van der Waals surface area (Å²) < 4.78 is 7.06. The number of aromatic hydroxyl groups is 2. The summed E-state index contributed by atoms with van der Waals surface area (Å²) >= 11 is 0. The molecule has 0 saturated heterocycles. The Morgan fingerprint density at radius 2 is 1.77 bits per heavy atom. The molecule has 0 aliphatic rings. The number of hydrogen-bond donors (Lipinski definition) is 2. The van der Waals surface area contributed by atoms with Crippen LogP contribution in [0.1, 0.15) is 32.3 Å². The fourth-order valence-electron chi connectivity index (χ4n) is 2.88. The molecule has 0 aliphatic carbocycles. The lowest BCUT2D eigenvalue weighted by Crippen LogP contribution is -2.00. The standard InChI is InChI=1S/C19H22N4O3/c1-5-23-19(20-21-22-23)15-9-13(16(24)10-17(15)25)14-8-12(11(2)3)6-7-18(14)26-4/h6-11,24-25H,5H2,1-4H3. The third-order valence-electron chi connectivity index (χ3n) is 4.37. The average Bonchev–Trinajstić information content (AvgIpc) is 3.09. The van der Waals surface area contributed by atoms with Gasteiger partial charge in [-0.15, -0.1) is 5.10 Å². The summed E-state index contributed by atoms with van der Waals surface area (Å²) in [5, 5.41) is 32.4. The fourth-order valence-corrected chi connectivity index (χ4v) is 2.88. The molecule has 0 unspecified atom stereocenters. The van der Waals surface area contributed by atoms with E-state index in [1.165, 1.54) is 6.07 Å². The van der Waals surface area contributed by atoms with E-state index in [4.69, 9.17) is 4.74 Å². The molecule has 0 atom stereocenters. The van der Waals surface area contributed by atoms with Crippen LogP contribution in [-0.4, -0.2) is 37.5 Å². The first kappa shape index (κ1) is 17.7. The van der Waals surface area contributed by atoms with Crippen molar-refractivity contribution in [3.8, 4) is 39.8 Å². The van der Waals surface area contributed by atoms with Crippen molar-refractivity contribution in [2.75, 3.05) is 7.11 Å². The molecule has 2 aromatic carbocycles. The summed E-state index contributed by atoms with van der Waals surface area (Å²) in [6, 6.07) is 8.86. The van der Waals surface area contributed by atoms with E-state index in [0.29, 0.717) is 35.2 Å². The number of benzene rings is 2. The largest absolute Gasteiger partial charge is 0.507 e. The van der Waals surface area contributed by atoms with Crippen molar-refractivity contribution in [2.24, 2.45) is 0 Å². The van der Waals surface area contributed by atoms with E-state index in [0.717, 1.165) is 11.1 Å². The molecule has 1 aromatic heterocycles. The van der Waals surface area contributed by atoms with Gasteiger partial charge in [-0.1, -0.05) is 19.9 Å². The van der Waals surface area contributed by atoms with Gasteiger partial charge < -0.3 is 14.9 Å². The van der Waals surface area contributed by atoms with Crippen LogP contribution in [0.2, 0.25) is 0 Å². The van der Waals surface area contributed by atoms with Gasteiger partial charge in [0.15, 0.2) is 5.82 Å². The molecular weight excluding hydrogens is 332 g/mol. The van der Waals surface area contributed by atoms with Gasteiger partial charge in [-0.2, -0.15) is 0 Å². The van der Waals surface area contributed by atoms with Crippen molar-refractivity contribution in [3.05, 3.63) is 35.9 Å². The van der Waals surface area contributed by atoms with Crippen LogP contribution in [0.4, 0.5) is 0 Å². The number of hydrogen-bond acceptors (Lipinski definition) is 6. The Morgan fingerprint density at radius 3 is 2.42 bits per heavy atom. The Bertz CT molecular complexity index is 935. The lowest BCUT2D eigenvalue weighted by atomic mass is 9.94. The van der Waals surface area contributed by atoms with E-state index >= 15 is 0 Å². The summed E-state index contributed by atoms with van der Waals surface area (Å²) in [5.41, 5.74) is 2.85. The summed E-state index contributed by atoms with van der Waals surface area (Å²) in [6.07, 6.45) is 0. The van der Waals surface area contributed by atoms with Gasteiger partial charge in [-0.3, -0.25) is 0 Å². The number of methoxy groups -OCH3 is 1. The normalized spacial score (nSPS) is 11.1. The number of nitrogens with zero attached hydrogens (tertiary/aromatic N) is 4. The lowest BCUT2D eigenvalue weighted by molar-refractivity contribution is 0.415. The monoisotopic (exact) mass is 354 g/mol. The van der Waals surface area contributed by atoms with Crippen molar-refractivity contribution in [1.82, 2.24) is 20.2 Å². The number of aryl methyl sites for hydroxylation is 1. The first-order valence-electron chi connectivity index (χ1n) is 8.47. The van der Waals surface area contributed by atoms with Gasteiger partial charge in [-0.05, 0) is 47.0 Å². The molecule has 0 aliphatic heterocycles. The van der Waals surface area contributed by atoms with Crippen molar-refractivity contribution < 1.29 is 14.9 Å². The van der Waals surface area contributed by atoms with Crippen molar-refractivity contribution in [1.29, 1.82) is 0 Å². The molecule has 0 amide bonds. The topological polar surface area (TPSA) is 93.3 Å². The second-order valence-corrected chi connectivity index (χ2v) is 6.32. The van der Waals surface area contributed by atoms with Crippen LogP contribution in [0.25, 0.3) is 22.5 Å². The molecule has 0 spiro atoms. The third kappa shape index (κ3) is 3.08. The van der Waals surface area contributed by atoms with Crippen molar-refractivity contribution >= 4 is 0 Å². The highest BCUT2D eigenvalue weighted by Crippen LogP contribution is 2.42. The summed E-state index contributed by atoms with van der Waals surface area (Å²) in [7, 11) is 1.59. The quantitative estimate of drug-likeness (QED) is 0.727. The minimum Gasteiger partial charge on any atom is -0.507 e. The molecule has 0 bridgehead atoms. The second-order valence-electron chi connectivity index (χ2n) is 6.32. The average molecular weight is 354 g/mol. The van der Waals surface area contributed by atoms with Crippen LogP contribution in [0, 0.1) is 0 Å². The molecule has 3 rings (SSSR count). The summed E-state index contributed by atoms with van der Waals surface area (Å²) in [6.45, 7) is 6.67. The Balaban J connectivity index is 2.23.